The Kier molecular flexibility index (Phi) is 4.06. The summed E-state index contributed by atoms with van der Waals surface area (Å²) in [6.07, 6.45) is 5.66. The molecule has 2 aliphatic rings. The molecule has 2 aliphatic heterocycles. The van der Waals surface area contributed by atoms with Crippen molar-refractivity contribution in [2.45, 2.75) is 19.8 Å². The molecule has 5 heteroatoms. The highest BCUT2D eigenvalue weighted by Crippen LogP contribution is 2.40. The van der Waals surface area contributed by atoms with Crippen molar-refractivity contribution in [1.29, 1.82) is 0 Å². The third-order valence-corrected chi connectivity index (χ3v) is 4.12. The monoisotopic (exact) mass is 307 g/mol. The van der Waals surface area contributed by atoms with Crippen molar-refractivity contribution in [2.24, 2.45) is 5.92 Å². The van der Waals surface area contributed by atoms with Crippen molar-refractivity contribution in [2.75, 3.05) is 19.9 Å². The van der Waals surface area contributed by atoms with Crippen LogP contribution in [-0.4, -0.2) is 30.7 Å². The Balaban J connectivity index is 1.71. The highest BCUT2D eigenvalue weighted by molar-refractivity contribution is 6.32. The molecule has 1 saturated heterocycles. The van der Waals surface area contributed by atoms with Crippen LogP contribution in [0.2, 0.25) is 5.02 Å². The van der Waals surface area contributed by atoms with Crippen LogP contribution in [0.25, 0.3) is 6.08 Å². The Labute approximate surface area is 129 Å². The molecule has 2 heterocycles. The van der Waals surface area contributed by atoms with Gasteiger partial charge in [-0.15, -0.1) is 0 Å². The van der Waals surface area contributed by atoms with Crippen LogP contribution in [0.4, 0.5) is 0 Å². The third kappa shape index (κ3) is 3.16. The highest BCUT2D eigenvalue weighted by Gasteiger charge is 2.20. The van der Waals surface area contributed by atoms with Crippen LogP contribution >= 0.6 is 11.6 Å². The lowest BCUT2D eigenvalue weighted by Crippen LogP contribution is -2.38. The van der Waals surface area contributed by atoms with E-state index in [1.54, 1.807) is 18.2 Å². The molecule has 3 rings (SSSR count). The van der Waals surface area contributed by atoms with Gasteiger partial charge in [-0.2, -0.15) is 0 Å². The molecule has 1 atom stereocenters. The van der Waals surface area contributed by atoms with Crippen molar-refractivity contribution in [3.8, 4) is 11.5 Å². The summed E-state index contributed by atoms with van der Waals surface area (Å²) < 4.78 is 10.6. The lowest BCUT2D eigenvalue weighted by molar-refractivity contribution is -0.127. The molecule has 0 radical (unpaired) electrons. The Morgan fingerprint density at radius 2 is 2.29 bits per heavy atom. The van der Waals surface area contributed by atoms with Crippen LogP contribution in [0.5, 0.6) is 11.5 Å². The number of benzene rings is 1. The topological polar surface area (TPSA) is 38.8 Å². The Bertz CT molecular complexity index is 585. The number of amides is 1. The van der Waals surface area contributed by atoms with Crippen LogP contribution in [0, 0.1) is 5.92 Å². The maximum Gasteiger partial charge on any atom is 0.246 e. The number of carbonyl (C=O) groups excluding carboxylic acids is 1. The van der Waals surface area contributed by atoms with Gasteiger partial charge in [0.15, 0.2) is 11.5 Å². The standard InChI is InChI=1S/C16H18ClNO3/c1-11-3-2-6-18(9-11)15(19)5-4-12-7-13(17)16-14(8-12)20-10-21-16/h4-5,7-8,11H,2-3,6,9-10H2,1H3/b5-4+. The summed E-state index contributed by atoms with van der Waals surface area (Å²) in [5.41, 5.74) is 0.836. The van der Waals surface area contributed by atoms with Crippen LogP contribution in [0.3, 0.4) is 0 Å². The average molecular weight is 308 g/mol. The fourth-order valence-corrected chi connectivity index (χ4v) is 3.02. The van der Waals surface area contributed by atoms with E-state index in [0.29, 0.717) is 22.4 Å². The quantitative estimate of drug-likeness (QED) is 0.787. The second-order valence-corrected chi connectivity index (χ2v) is 6.01. The third-order valence-electron chi connectivity index (χ3n) is 3.84. The minimum atomic E-state index is 0.0512. The summed E-state index contributed by atoms with van der Waals surface area (Å²) in [5, 5.41) is 0.503. The minimum absolute atomic E-state index is 0.0512. The summed E-state index contributed by atoms with van der Waals surface area (Å²) in [6, 6.07) is 3.61. The number of ether oxygens (including phenoxy) is 2. The predicted molar refractivity (Wildman–Crippen MR) is 81.6 cm³/mol. The normalized spacial score (nSPS) is 21.0. The molecule has 0 aromatic heterocycles. The van der Waals surface area contributed by atoms with Crippen LogP contribution in [0.15, 0.2) is 18.2 Å². The molecule has 0 aliphatic carbocycles. The zero-order chi connectivity index (χ0) is 14.8. The van der Waals surface area contributed by atoms with Gasteiger partial charge in [0.25, 0.3) is 0 Å². The van der Waals surface area contributed by atoms with E-state index in [1.807, 2.05) is 11.0 Å². The van der Waals surface area contributed by atoms with Gasteiger partial charge in [-0.3, -0.25) is 4.79 Å². The fraction of sp³-hybridized carbons (Fsp3) is 0.438. The predicted octanol–water partition coefficient (Wildman–Crippen LogP) is 3.34. The maximum atomic E-state index is 12.2. The molecule has 112 valence electrons. The summed E-state index contributed by atoms with van der Waals surface area (Å²) in [4.78, 5) is 14.1. The van der Waals surface area contributed by atoms with E-state index >= 15 is 0 Å². The first-order chi connectivity index (χ1) is 10.1. The first kappa shape index (κ1) is 14.3. The number of hydrogen-bond acceptors (Lipinski definition) is 3. The number of carbonyl (C=O) groups is 1. The van der Waals surface area contributed by atoms with Crippen LogP contribution in [0.1, 0.15) is 25.3 Å². The summed E-state index contributed by atoms with van der Waals surface area (Å²) in [7, 11) is 0. The van der Waals surface area contributed by atoms with Crippen molar-refractivity contribution in [1.82, 2.24) is 4.90 Å². The lowest BCUT2D eigenvalue weighted by Gasteiger charge is -2.30. The zero-order valence-corrected chi connectivity index (χ0v) is 12.7. The van der Waals surface area contributed by atoms with Gasteiger partial charge in [-0.05, 0) is 42.5 Å². The fourth-order valence-electron chi connectivity index (χ4n) is 2.75. The van der Waals surface area contributed by atoms with E-state index in [4.69, 9.17) is 21.1 Å². The molecule has 0 saturated carbocycles. The average Bonchev–Trinajstić information content (AvgIpc) is 2.93. The molecule has 0 bridgehead atoms. The minimum Gasteiger partial charge on any atom is -0.454 e. The summed E-state index contributed by atoms with van der Waals surface area (Å²) in [5.74, 6) is 1.83. The first-order valence-electron chi connectivity index (χ1n) is 7.19. The molecular weight excluding hydrogens is 290 g/mol. The van der Waals surface area contributed by atoms with E-state index in [9.17, 15) is 4.79 Å². The van der Waals surface area contributed by atoms with Crippen molar-refractivity contribution < 1.29 is 14.3 Å². The van der Waals surface area contributed by atoms with Gasteiger partial charge in [-0.1, -0.05) is 18.5 Å². The van der Waals surface area contributed by atoms with Crippen molar-refractivity contribution in [3.63, 3.8) is 0 Å². The number of piperidine rings is 1. The number of likely N-dealkylation sites (tertiary alicyclic amines) is 1. The van der Waals surface area contributed by atoms with Crippen LogP contribution in [-0.2, 0) is 4.79 Å². The van der Waals surface area contributed by atoms with E-state index in [0.717, 1.165) is 25.1 Å². The Hall–Kier alpha value is -1.68. The first-order valence-corrected chi connectivity index (χ1v) is 7.57. The van der Waals surface area contributed by atoms with E-state index < -0.39 is 0 Å². The van der Waals surface area contributed by atoms with Crippen molar-refractivity contribution in [3.05, 3.63) is 28.8 Å². The second-order valence-electron chi connectivity index (χ2n) is 5.60. The SMILES string of the molecule is CC1CCCN(C(=O)/C=C/c2cc(Cl)c3c(c2)OCO3)C1. The van der Waals surface area contributed by atoms with Gasteiger partial charge in [0.2, 0.25) is 12.7 Å². The molecule has 0 spiro atoms. The number of rotatable bonds is 2. The lowest BCUT2D eigenvalue weighted by atomic mass is 10.0. The molecule has 1 fully saturated rings. The molecule has 21 heavy (non-hydrogen) atoms. The summed E-state index contributed by atoms with van der Waals surface area (Å²) in [6.45, 7) is 4.05. The number of fused-ring (bicyclic) bond motifs is 1. The van der Waals surface area contributed by atoms with E-state index in [-0.39, 0.29) is 12.7 Å². The number of nitrogens with zero attached hydrogens (tertiary/aromatic N) is 1. The molecule has 1 unspecified atom stereocenters. The maximum absolute atomic E-state index is 12.2. The largest absolute Gasteiger partial charge is 0.454 e. The number of halogens is 1. The Morgan fingerprint density at radius 3 is 3.10 bits per heavy atom. The molecule has 1 aromatic carbocycles. The number of hydrogen-bond donors (Lipinski definition) is 0. The van der Waals surface area contributed by atoms with Gasteiger partial charge >= 0.3 is 0 Å². The summed E-state index contributed by atoms with van der Waals surface area (Å²) >= 11 is 6.12. The molecular formula is C16H18ClNO3. The molecule has 0 N–H and O–H groups in total. The van der Waals surface area contributed by atoms with Gasteiger partial charge in [0.1, 0.15) is 0 Å². The highest BCUT2D eigenvalue weighted by atomic mass is 35.5. The smallest absolute Gasteiger partial charge is 0.246 e. The molecule has 1 amide bonds. The van der Waals surface area contributed by atoms with Gasteiger partial charge in [-0.25, -0.2) is 0 Å². The van der Waals surface area contributed by atoms with Gasteiger partial charge in [0, 0.05) is 19.2 Å². The van der Waals surface area contributed by atoms with Crippen molar-refractivity contribution >= 4 is 23.6 Å². The Morgan fingerprint density at radius 1 is 1.43 bits per heavy atom. The molecule has 4 nitrogen and oxygen atoms in total. The zero-order valence-electron chi connectivity index (χ0n) is 12.0. The van der Waals surface area contributed by atoms with E-state index in [2.05, 4.69) is 6.92 Å². The second kappa shape index (κ2) is 5.98. The molecule has 1 aromatic rings. The van der Waals surface area contributed by atoms with Crippen LogP contribution < -0.4 is 9.47 Å². The van der Waals surface area contributed by atoms with Gasteiger partial charge < -0.3 is 14.4 Å². The van der Waals surface area contributed by atoms with Gasteiger partial charge in [0.05, 0.1) is 5.02 Å². The van der Waals surface area contributed by atoms with E-state index in [1.165, 1.54) is 6.42 Å².